The Bertz CT molecular complexity index is 474. The van der Waals surface area contributed by atoms with E-state index >= 15 is 0 Å². The van der Waals surface area contributed by atoms with Crippen molar-refractivity contribution in [2.45, 2.75) is 32.3 Å². The molecule has 0 aliphatic carbocycles. The Morgan fingerprint density at radius 1 is 1.27 bits per heavy atom. The first-order valence-corrected chi connectivity index (χ1v) is 8.30. The summed E-state index contributed by atoms with van der Waals surface area (Å²) in [6, 6.07) is 6.59. The number of hydrogen-bond donors (Lipinski definition) is 1. The van der Waals surface area contributed by atoms with Gasteiger partial charge in [0.05, 0.1) is 5.60 Å². The van der Waals surface area contributed by atoms with Gasteiger partial charge in [-0.05, 0) is 37.1 Å². The van der Waals surface area contributed by atoms with E-state index in [2.05, 4.69) is 23.8 Å². The highest BCUT2D eigenvalue weighted by Gasteiger charge is 2.33. The van der Waals surface area contributed by atoms with E-state index < -0.39 is 5.60 Å². The van der Waals surface area contributed by atoms with E-state index in [4.69, 9.17) is 0 Å². The first-order chi connectivity index (χ1) is 10.4. The molecule has 3 nitrogen and oxygen atoms in total. The van der Waals surface area contributed by atoms with Crippen LogP contribution in [0.1, 0.15) is 25.8 Å². The van der Waals surface area contributed by atoms with Crippen molar-refractivity contribution in [2.75, 3.05) is 39.8 Å². The predicted octanol–water partition coefficient (Wildman–Crippen LogP) is 2.39. The molecule has 1 aliphatic rings. The fraction of sp³-hybridized carbons (Fsp3) is 0.667. The summed E-state index contributed by atoms with van der Waals surface area (Å²) < 4.78 is 13.4. The van der Waals surface area contributed by atoms with Crippen LogP contribution >= 0.6 is 0 Å². The minimum atomic E-state index is -0.781. The number of likely N-dealkylation sites (N-methyl/N-ethyl adjacent to an activating group) is 1. The van der Waals surface area contributed by atoms with Crippen LogP contribution in [0.2, 0.25) is 0 Å². The molecule has 4 heteroatoms. The standard InChI is InChI=1S/C18H29FN2O/c1-4-18(22,13-16-6-5-7-17(19)12-16)15(2)14-21-10-8-20(3)9-11-21/h5-7,12,15,22H,4,8-11,13-14H2,1-3H3. The largest absolute Gasteiger partial charge is 0.389 e. The van der Waals surface area contributed by atoms with E-state index in [1.807, 2.05) is 13.0 Å². The Morgan fingerprint density at radius 2 is 1.95 bits per heavy atom. The van der Waals surface area contributed by atoms with Crippen LogP contribution in [0.4, 0.5) is 4.39 Å². The van der Waals surface area contributed by atoms with Gasteiger partial charge in [-0.3, -0.25) is 0 Å². The second-order valence-corrected chi connectivity index (χ2v) is 6.77. The second kappa shape index (κ2) is 7.53. The van der Waals surface area contributed by atoms with Crippen LogP contribution in [-0.2, 0) is 6.42 Å². The van der Waals surface area contributed by atoms with Gasteiger partial charge in [0.2, 0.25) is 0 Å². The van der Waals surface area contributed by atoms with Gasteiger partial charge < -0.3 is 14.9 Å². The van der Waals surface area contributed by atoms with E-state index in [0.29, 0.717) is 12.8 Å². The minimum absolute atomic E-state index is 0.157. The molecule has 0 bridgehead atoms. The third kappa shape index (κ3) is 4.51. The first-order valence-electron chi connectivity index (χ1n) is 8.30. The van der Waals surface area contributed by atoms with Crippen LogP contribution in [-0.4, -0.2) is 60.3 Å². The summed E-state index contributed by atoms with van der Waals surface area (Å²) in [7, 11) is 2.15. The summed E-state index contributed by atoms with van der Waals surface area (Å²) in [6.07, 6.45) is 1.19. The maximum absolute atomic E-state index is 13.4. The van der Waals surface area contributed by atoms with Crippen molar-refractivity contribution in [2.24, 2.45) is 5.92 Å². The monoisotopic (exact) mass is 308 g/mol. The zero-order valence-electron chi connectivity index (χ0n) is 14.1. The fourth-order valence-electron chi connectivity index (χ4n) is 3.24. The summed E-state index contributed by atoms with van der Waals surface area (Å²) >= 11 is 0. The Labute approximate surface area is 133 Å². The number of hydrogen-bond acceptors (Lipinski definition) is 3. The molecule has 1 aromatic rings. The quantitative estimate of drug-likeness (QED) is 0.874. The van der Waals surface area contributed by atoms with Gasteiger partial charge in [-0.1, -0.05) is 26.0 Å². The number of nitrogens with zero attached hydrogens (tertiary/aromatic N) is 2. The lowest BCUT2D eigenvalue weighted by atomic mass is 9.80. The SMILES string of the molecule is CCC(O)(Cc1cccc(F)c1)C(C)CN1CCN(C)CC1. The molecule has 0 saturated carbocycles. The van der Waals surface area contributed by atoms with Crippen LogP contribution < -0.4 is 0 Å². The predicted molar refractivity (Wildman–Crippen MR) is 88.4 cm³/mol. The topological polar surface area (TPSA) is 26.7 Å². The fourth-order valence-corrected chi connectivity index (χ4v) is 3.24. The summed E-state index contributed by atoms with van der Waals surface area (Å²) in [4.78, 5) is 4.76. The van der Waals surface area contributed by atoms with Crippen molar-refractivity contribution < 1.29 is 9.50 Å². The first kappa shape index (κ1) is 17.4. The van der Waals surface area contributed by atoms with E-state index in [0.717, 1.165) is 38.3 Å². The van der Waals surface area contributed by atoms with Crippen LogP contribution in [0.5, 0.6) is 0 Å². The van der Waals surface area contributed by atoms with Gasteiger partial charge in [-0.2, -0.15) is 0 Å². The molecule has 2 atom stereocenters. The Hall–Kier alpha value is -0.970. The van der Waals surface area contributed by atoms with Crippen molar-refractivity contribution in [1.82, 2.24) is 9.80 Å². The average Bonchev–Trinajstić information content (AvgIpc) is 2.49. The summed E-state index contributed by atoms with van der Waals surface area (Å²) in [5.41, 5.74) is 0.0894. The molecule has 1 aliphatic heterocycles. The highest BCUT2D eigenvalue weighted by molar-refractivity contribution is 5.18. The molecule has 0 aromatic heterocycles. The van der Waals surface area contributed by atoms with Gasteiger partial charge in [-0.25, -0.2) is 4.39 Å². The van der Waals surface area contributed by atoms with Crippen molar-refractivity contribution in [3.63, 3.8) is 0 Å². The van der Waals surface area contributed by atoms with Crippen LogP contribution in [0.15, 0.2) is 24.3 Å². The number of piperazine rings is 1. The van der Waals surface area contributed by atoms with Gasteiger partial charge >= 0.3 is 0 Å². The maximum atomic E-state index is 13.4. The van der Waals surface area contributed by atoms with Crippen molar-refractivity contribution in [3.8, 4) is 0 Å². The molecule has 1 N–H and O–H groups in total. The summed E-state index contributed by atoms with van der Waals surface area (Å²) in [5.74, 6) is -0.0770. The van der Waals surface area contributed by atoms with E-state index in [1.165, 1.54) is 12.1 Å². The summed E-state index contributed by atoms with van der Waals surface area (Å²) in [6.45, 7) is 9.30. The Balaban J connectivity index is 1.98. The van der Waals surface area contributed by atoms with E-state index in [1.54, 1.807) is 6.07 Å². The normalized spacial score (nSPS) is 21.5. The highest BCUT2D eigenvalue weighted by atomic mass is 19.1. The molecule has 1 aromatic carbocycles. The molecular formula is C18H29FN2O. The smallest absolute Gasteiger partial charge is 0.123 e. The zero-order chi connectivity index (χ0) is 16.2. The van der Waals surface area contributed by atoms with Crippen molar-refractivity contribution in [1.29, 1.82) is 0 Å². The van der Waals surface area contributed by atoms with Gasteiger partial charge in [0.15, 0.2) is 0 Å². The molecule has 1 saturated heterocycles. The lowest BCUT2D eigenvalue weighted by Gasteiger charge is -2.39. The van der Waals surface area contributed by atoms with Gasteiger partial charge in [0.1, 0.15) is 5.82 Å². The maximum Gasteiger partial charge on any atom is 0.123 e. The third-order valence-corrected chi connectivity index (χ3v) is 5.06. The van der Waals surface area contributed by atoms with Crippen molar-refractivity contribution in [3.05, 3.63) is 35.6 Å². The zero-order valence-corrected chi connectivity index (χ0v) is 14.1. The van der Waals surface area contributed by atoms with Crippen LogP contribution in [0.3, 0.4) is 0 Å². The minimum Gasteiger partial charge on any atom is -0.389 e. The van der Waals surface area contributed by atoms with Gasteiger partial charge in [0.25, 0.3) is 0 Å². The molecule has 124 valence electrons. The van der Waals surface area contributed by atoms with Crippen LogP contribution in [0.25, 0.3) is 0 Å². The second-order valence-electron chi connectivity index (χ2n) is 6.77. The van der Waals surface area contributed by atoms with Crippen molar-refractivity contribution >= 4 is 0 Å². The molecular weight excluding hydrogens is 279 g/mol. The average molecular weight is 308 g/mol. The van der Waals surface area contributed by atoms with Crippen LogP contribution in [0, 0.1) is 11.7 Å². The molecule has 22 heavy (non-hydrogen) atoms. The molecule has 2 unspecified atom stereocenters. The lowest BCUT2D eigenvalue weighted by molar-refractivity contribution is -0.0314. The van der Waals surface area contributed by atoms with E-state index in [9.17, 15) is 9.50 Å². The molecule has 0 amide bonds. The van der Waals surface area contributed by atoms with E-state index in [-0.39, 0.29) is 11.7 Å². The highest BCUT2D eigenvalue weighted by Crippen LogP contribution is 2.27. The molecule has 0 spiro atoms. The number of rotatable bonds is 6. The Morgan fingerprint density at radius 3 is 2.55 bits per heavy atom. The molecule has 1 fully saturated rings. The Kier molecular flexibility index (Phi) is 5.95. The molecule has 2 rings (SSSR count). The number of halogens is 1. The lowest BCUT2D eigenvalue weighted by Crippen LogP contribution is -2.50. The molecule has 0 radical (unpaired) electrons. The number of aliphatic hydroxyl groups is 1. The number of benzene rings is 1. The summed E-state index contributed by atoms with van der Waals surface area (Å²) in [5, 5.41) is 11.1. The third-order valence-electron chi connectivity index (χ3n) is 5.06. The van der Waals surface area contributed by atoms with Gasteiger partial charge in [-0.15, -0.1) is 0 Å². The molecule has 1 heterocycles. The van der Waals surface area contributed by atoms with Gasteiger partial charge in [0, 0.05) is 39.1 Å².